The number of fused-ring (bicyclic) bond motifs is 1. The molecule has 0 saturated carbocycles. The highest BCUT2D eigenvalue weighted by molar-refractivity contribution is 6.02. The fraction of sp³-hybridized carbons (Fsp3) is 0.371. The minimum Gasteiger partial charge on any atom is -0.507 e. The lowest BCUT2D eigenvalue weighted by atomic mass is 9.95. The Morgan fingerprint density at radius 1 is 0.980 bits per heavy atom. The number of phenols is 1. The van der Waals surface area contributed by atoms with E-state index >= 15 is 0 Å². The number of carbonyl (C=O) groups excluding carboxylic acids is 2. The summed E-state index contributed by atoms with van der Waals surface area (Å²) in [4.78, 5) is 25.2. The number of rotatable bonds is 10. The lowest BCUT2D eigenvalue weighted by Gasteiger charge is -2.42. The van der Waals surface area contributed by atoms with E-state index in [2.05, 4.69) is 0 Å². The van der Waals surface area contributed by atoms with Gasteiger partial charge in [0.1, 0.15) is 59.9 Å². The van der Waals surface area contributed by atoms with Crippen LogP contribution in [0.4, 0.5) is 0 Å². The monoisotopic (exact) mass is 680 g/mol. The molecule has 9 atom stereocenters. The van der Waals surface area contributed by atoms with Gasteiger partial charge in [0.15, 0.2) is 23.8 Å². The number of hydrogen-bond donors (Lipinski definition) is 6. The molecule has 3 aliphatic heterocycles. The van der Waals surface area contributed by atoms with Crippen molar-refractivity contribution in [2.75, 3.05) is 19.8 Å². The van der Waals surface area contributed by atoms with Gasteiger partial charge >= 0.3 is 5.97 Å². The molecule has 2 saturated heterocycles. The van der Waals surface area contributed by atoms with E-state index in [-0.39, 0.29) is 29.3 Å². The van der Waals surface area contributed by atoms with E-state index in [4.69, 9.17) is 28.4 Å². The van der Waals surface area contributed by atoms with E-state index in [1.807, 2.05) is 12.1 Å². The summed E-state index contributed by atoms with van der Waals surface area (Å²) in [5.41, 5.74) is -0.658. The second kappa shape index (κ2) is 14.6. The van der Waals surface area contributed by atoms with Crippen molar-refractivity contribution in [2.45, 2.75) is 61.2 Å². The molecule has 9 unspecified atom stereocenters. The molecule has 14 heteroatoms. The smallest absolute Gasteiger partial charge is 0.330 e. The van der Waals surface area contributed by atoms with E-state index in [1.165, 1.54) is 12.1 Å². The molecule has 0 bridgehead atoms. The third-order valence-electron chi connectivity index (χ3n) is 8.49. The molecule has 2 fully saturated rings. The molecule has 0 radical (unpaired) electrons. The van der Waals surface area contributed by atoms with Crippen LogP contribution in [-0.2, 0) is 23.7 Å². The van der Waals surface area contributed by atoms with Crippen LogP contribution in [0.25, 0.3) is 6.08 Å². The highest BCUT2D eigenvalue weighted by atomic mass is 16.8. The molecule has 3 heterocycles. The number of benzene rings is 3. The maximum Gasteiger partial charge on any atom is 0.330 e. The summed E-state index contributed by atoms with van der Waals surface area (Å²) in [5.74, 6) is -1.64. The van der Waals surface area contributed by atoms with Crippen molar-refractivity contribution in [1.82, 2.24) is 0 Å². The topological polar surface area (TPSA) is 211 Å². The molecule has 49 heavy (non-hydrogen) atoms. The molecule has 0 aliphatic carbocycles. The Hall–Kier alpha value is -4.38. The van der Waals surface area contributed by atoms with Gasteiger partial charge in [0.2, 0.25) is 6.29 Å². The number of carbonyl (C=O) groups is 2. The Morgan fingerprint density at radius 3 is 2.41 bits per heavy atom. The Bertz CT molecular complexity index is 1650. The second-order valence-corrected chi connectivity index (χ2v) is 12.0. The molecular weight excluding hydrogens is 644 g/mol. The van der Waals surface area contributed by atoms with Crippen LogP contribution in [0.3, 0.4) is 0 Å². The number of aliphatic hydroxyl groups excluding tert-OH is 4. The Kier molecular flexibility index (Phi) is 10.3. The van der Waals surface area contributed by atoms with Crippen LogP contribution < -0.4 is 9.47 Å². The van der Waals surface area contributed by atoms with Crippen LogP contribution in [0, 0.1) is 0 Å². The van der Waals surface area contributed by atoms with Crippen LogP contribution in [0.15, 0.2) is 78.9 Å². The lowest BCUT2D eigenvalue weighted by molar-refractivity contribution is -0.318. The van der Waals surface area contributed by atoms with E-state index in [1.54, 1.807) is 48.5 Å². The predicted octanol–water partition coefficient (Wildman–Crippen LogP) is 1.01. The van der Waals surface area contributed by atoms with Crippen molar-refractivity contribution < 1.29 is 68.6 Å². The van der Waals surface area contributed by atoms with Gasteiger partial charge in [-0.1, -0.05) is 60.7 Å². The maximum atomic E-state index is 13.0. The Morgan fingerprint density at radius 2 is 1.69 bits per heavy atom. The number of aromatic hydroxyl groups is 1. The van der Waals surface area contributed by atoms with Gasteiger partial charge in [0.25, 0.3) is 0 Å². The van der Waals surface area contributed by atoms with Crippen molar-refractivity contribution in [2.24, 2.45) is 0 Å². The van der Waals surface area contributed by atoms with Crippen molar-refractivity contribution in [3.63, 3.8) is 0 Å². The molecule has 0 spiro atoms. The fourth-order valence-electron chi connectivity index (χ4n) is 5.79. The third kappa shape index (κ3) is 7.46. The van der Waals surface area contributed by atoms with Gasteiger partial charge in [-0.2, -0.15) is 0 Å². The molecule has 14 nitrogen and oxygen atoms in total. The van der Waals surface area contributed by atoms with Crippen molar-refractivity contribution in [3.05, 3.63) is 95.6 Å². The molecular formula is C35H36O14. The molecule has 0 aromatic heterocycles. The van der Waals surface area contributed by atoms with Crippen molar-refractivity contribution in [1.29, 1.82) is 0 Å². The molecule has 6 rings (SSSR count). The third-order valence-corrected chi connectivity index (χ3v) is 8.49. The number of ether oxygens (including phenoxy) is 6. The normalized spacial score (nSPS) is 31.2. The Labute approximate surface area is 280 Å². The van der Waals surface area contributed by atoms with Gasteiger partial charge in [0, 0.05) is 18.2 Å². The summed E-state index contributed by atoms with van der Waals surface area (Å²) in [7, 11) is 0. The zero-order valence-electron chi connectivity index (χ0n) is 26.0. The summed E-state index contributed by atoms with van der Waals surface area (Å²) in [6.07, 6.45) is -9.36. The quantitative estimate of drug-likeness (QED) is 0.130. The molecule has 3 aliphatic rings. The van der Waals surface area contributed by atoms with Crippen LogP contribution in [-0.4, -0.2) is 111 Å². The number of esters is 1. The molecule has 3 aromatic rings. The SMILES string of the molecule is O=C(C=Cc1ccccc1)OCC1(O)COC(OC2C(Oc3cc(O)c4c(c3)OC(c3ccccc3)CC4=O)OC(CO)C(O)C2O)C1O. The number of hydrogen-bond acceptors (Lipinski definition) is 14. The summed E-state index contributed by atoms with van der Waals surface area (Å²) in [6.45, 7) is -1.91. The average Bonchev–Trinajstić information content (AvgIpc) is 3.38. The van der Waals surface area contributed by atoms with Crippen LogP contribution in [0.2, 0.25) is 0 Å². The van der Waals surface area contributed by atoms with Crippen LogP contribution >= 0.6 is 0 Å². The fourth-order valence-corrected chi connectivity index (χ4v) is 5.79. The number of Topliss-reactive ketones (excluding diaryl/α,β-unsaturated/α-hetero) is 1. The van der Waals surface area contributed by atoms with Crippen LogP contribution in [0.5, 0.6) is 17.2 Å². The highest BCUT2D eigenvalue weighted by Gasteiger charge is 2.54. The predicted molar refractivity (Wildman–Crippen MR) is 167 cm³/mol. The standard InChI is InChI=1S/C35H36O14/c36-16-26-29(40)30(41)31(49-34-32(42)35(43,18-45-34)17-44-27(39)12-11-19-7-3-1-4-8-19)33(48-26)46-21-13-22(37)28-23(38)15-24(47-25(28)14-21)20-9-5-2-6-10-20/h1-14,24,26,29-34,36-37,40-43H,15-18H2. The zero-order valence-corrected chi connectivity index (χ0v) is 26.0. The molecule has 260 valence electrons. The first-order valence-electron chi connectivity index (χ1n) is 15.5. The van der Waals surface area contributed by atoms with Gasteiger partial charge < -0.3 is 59.1 Å². The van der Waals surface area contributed by atoms with E-state index in [9.17, 15) is 40.2 Å². The maximum absolute atomic E-state index is 13.0. The Balaban J connectivity index is 1.16. The molecule has 0 amide bonds. The summed E-state index contributed by atoms with van der Waals surface area (Å²) < 4.78 is 34.0. The van der Waals surface area contributed by atoms with Crippen LogP contribution in [0.1, 0.15) is 34.0 Å². The van der Waals surface area contributed by atoms with E-state index < -0.39 is 86.3 Å². The molecule has 3 aromatic carbocycles. The molecule has 6 N–H and O–H groups in total. The average molecular weight is 681 g/mol. The lowest BCUT2D eigenvalue weighted by Crippen LogP contribution is -2.62. The first-order chi connectivity index (χ1) is 23.6. The summed E-state index contributed by atoms with van der Waals surface area (Å²) in [6, 6.07) is 20.5. The van der Waals surface area contributed by atoms with Gasteiger partial charge in [-0.15, -0.1) is 0 Å². The first-order valence-corrected chi connectivity index (χ1v) is 15.5. The zero-order chi connectivity index (χ0) is 34.7. The van der Waals surface area contributed by atoms with Gasteiger partial charge in [-0.25, -0.2) is 4.79 Å². The van der Waals surface area contributed by atoms with Crippen molar-refractivity contribution in [3.8, 4) is 17.2 Å². The first kappa shape index (κ1) is 34.5. The van der Waals surface area contributed by atoms with Crippen molar-refractivity contribution >= 4 is 17.8 Å². The number of ketones is 1. The number of phenolic OH excluding ortho intramolecular Hbond substituents is 1. The van der Waals surface area contributed by atoms with Gasteiger partial charge in [-0.3, -0.25) is 4.79 Å². The minimum atomic E-state index is -2.10. The summed E-state index contributed by atoms with van der Waals surface area (Å²) in [5, 5.41) is 64.1. The van der Waals surface area contributed by atoms with E-state index in [0.717, 1.165) is 23.3 Å². The van der Waals surface area contributed by atoms with Gasteiger partial charge in [-0.05, 0) is 17.2 Å². The second-order valence-electron chi connectivity index (χ2n) is 12.0. The number of aliphatic hydroxyl groups is 5. The van der Waals surface area contributed by atoms with E-state index in [0.29, 0.717) is 0 Å². The highest BCUT2D eigenvalue weighted by Crippen LogP contribution is 2.43. The largest absolute Gasteiger partial charge is 0.507 e. The summed E-state index contributed by atoms with van der Waals surface area (Å²) >= 11 is 0. The minimum absolute atomic E-state index is 0.00562. The van der Waals surface area contributed by atoms with Gasteiger partial charge in [0.05, 0.1) is 19.6 Å².